The van der Waals surface area contributed by atoms with Gasteiger partial charge >= 0.3 is 18.2 Å². The lowest BCUT2D eigenvalue weighted by Gasteiger charge is -2.22. The maximum atomic E-state index is 13.5. The van der Waals surface area contributed by atoms with Crippen LogP contribution in [0.4, 0.5) is 18.0 Å². The minimum absolute atomic E-state index is 0.0723. The van der Waals surface area contributed by atoms with Gasteiger partial charge in [0.2, 0.25) is 5.91 Å². The lowest BCUT2D eigenvalue weighted by molar-refractivity contribution is -0.160. The van der Waals surface area contributed by atoms with Gasteiger partial charge in [0.1, 0.15) is 12.6 Å². The van der Waals surface area contributed by atoms with E-state index in [1.165, 1.54) is 0 Å². The fourth-order valence-corrected chi connectivity index (χ4v) is 4.15. The predicted molar refractivity (Wildman–Crippen MR) is 122 cm³/mol. The molecule has 0 aliphatic heterocycles. The first-order valence-corrected chi connectivity index (χ1v) is 11.3. The number of alkyl carbamates (subject to hydrolysis) is 1. The third-order valence-corrected chi connectivity index (χ3v) is 6.05. The SMILES string of the molecule is CCC(CNC(=O)CC(NC(=O)OCC1c2ccccc2-c2ccccc21)C(F)(F)F)CC(=O)O. The molecule has 2 amide bonds. The monoisotopic (exact) mass is 492 g/mol. The van der Waals surface area contributed by atoms with Gasteiger partial charge in [-0.05, 0) is 28.2 Å². The molecule has 2 atom stereocenters. The van der Waals surface area contributed by atoms with Crippen molar-refractivity contribution in [1.29, 1.82) is 0 Å². The summed E-state index contributed by atoms with van der Waals surface area (Å²) < 4.78 is 45.6. The number of aliphatic carboxylic acids is 1. The van der Waals surface area contributed by atoms with Crippen LogP contribution in [0.3, 0.4) is 0 Å². The van der Waals surface area contributed by atoms with Gasteiger partial charge in [0, 0.05) is 18.9 Å². The van der Waals surface area contributed by atoms with Crippen molar-refractivity contribution in [3.05, 3.63) is 59.7 Å². The van der Waals surface area contributed by atoms with Crippen LogP contribution in [0.1, 0.15) is 43.2 Å². The Bertz CT molecular complexity index is 1030. The zero-order valence-electron chi connectivity index (χ0n) is 19.1. The molecule has 0 radical (unpaired) electrons. The number of carboxylic acid groups (broad SMARTS) is 1. The summed E-state index contributed by atoms with van der Waals surface area (Å²) >= 11 is 0. The summed E-state index contributed by atoms with van der Waals surface area (Å²) in [5.41, 5.74) is 3.80. The second kappa shape index (κ2) is 11.2. The van der Waals surface area contributed by atoms with Gasteiger partial charge in [-0.25, -0.2) is 4.79 Å². The molecule has 35 heavy (non-hydrogen) atoms. The summed E-state index contributed by atoms with van der Waals surface area (Å²) in [6.07, 6.45) is -6.98. The number of benzene rings is 2. The summed E-state index contributed by atoms with van der Waals surface area (Å²) in [6.45, 7) is 1.48. The third-order valence-electron chi connectivity index (χ3n) is 6.05. The van der Waals surface area contributed by atoms with Gasteiger partial charge < -0.3 is 20.5 Å². The molecule has 0 aromatic heterocycles. The van der Waals surface area contributed by atoms with Crippen molar-refractivity contribution in [2.45, 2.75) is 44.3 Å². The van der Waals surface area contributed by atoms with Gasteiger partial charge in [-0.2, -0.15) is 13.2 Å². The number of hydrogen-bond acceptors (Lipinski definition) is 4. The Hall–Kier alpha value is -3.56. The highest BCUT2D eigenvalue weighted by atomic mass is 19.4. The lowest BCUT2D eigenvalue weighted by atomic mass is 9.98. The number of fused-ring (bicyclic) bond motifs is 3. The maximum Gasteiger partial charge on any atom is 0.409 e. The van der Waals surface area contributed by atoms with Crippen LogP contribution in [0.25, 0.3) is 11.1 Å². The molecular weight excluding hydrogens is 465 g/mol. The van der Waals surface area contributed by atoms with Crippen molar-refractivity contribution in [2.75, 3.05) is 13.2 Å². The Labute approximate surface area is 200 Å². The summed E-state index contributed by atoms with van der Waals surface area (Å²) in [5, 5.41) is 12.9. The Morgan fingerprint density at radius 1 is 1.00 bits per heavy atom. The van der Waals surface area contributed by atoms with Crippen molar-refractivity contribution in [3.63, 3.8) is 0 Å². The van der Waals surface area contributed by atoms with E-state index in [1.807, 2.05) is 48.5 Å². The molecule has 10 heteroatoms. The summed E-state index contributed by atoms with van der Waals surface area (Å²) in [5.74, 6) is -2.73. The average molecular weight is 492 g/mol. The number of nitrogens with one attached hydrogen (secondary N) is 2. The highest BCUT2D eigenvalue weighted by molar-refractivity contribution is 5.79. The second-order valence-corrected chi connectivity index (χ2v) is 8.44. The van der Waals surface area contributed by atoms with E-state index in [-0.39, 0.29) is 25.5 Å². The van der Waals surface area contributed by atoms with Crippen molar-refractivity contribution in [2.24, 2.45) is 5.92 Å². The minimum atomic E-state index is -4.88. The van der Waals surface area contributed by atoms with Crippen LogP contribution in [-0.4, -0.2) is 48.4 Å². The van der Waals surface area contributed by atoms with Gasteiger partial charge in [-0.1, -0.05) is 61.9 Å². The molecule has 2 aromatic rings. The molecule has 3 rings (SSSR count). The van der Waals surface area contributed by atoms with E-state index in [4.69, 9.17) is 9.84 Å². The fourth-order valence-electron chi connectivity index (χ4n) is 4.15. The molecule has 188 valence electrons. The largest absolute Gasteiger partial charge is 0.481 e. The van der Waals surface area contributed by atoms with Crippen LogP contribution in [0.2, 0.25) is 0 Å². The van der Waals surface area contributed by atoms with Gasteiger partial charge in [0.25, 0.3) is 0 Å². The topological polar surface area (TPSA) is 105 Å². The number of halogens is 3. The molecule has 3 N–H and O–H groups in total. The van der Waals surface area contributed by atoms with E-state index in [0.29, 0.717) is 6.42 Å². The Kier molecular flexibility index (Phi) is 8.37. The summed E-state index contributed by atoms with van der Waals surface area (Å²) in [4.78, 5) is 35.2. The Balaban J connectivity index is 1.59. The van der Waals surface area contributed by atoms with Crippen LogP contribution in [0.15, 0.2) is 48.5 Å². The highest BCUT2D eigenvalue weighted by Crippen LogP contribution is 2.44. The molecule has 0 bridgehead atoms. The molecule has 0 saturated heterocycles. The van der Waals surface area contributed by atoms with E-state index in [9.17, 15) is 27.6 Å². The number of alkyl halides is 3. The molecule has 2 unspecified atom stereocenters. The van der Waals surface area contributed by atoms with E-state index >= 15 is 0 Å². The highest BCUT2D eigenvalue weighted by Gasteiger charge is 2.42. The van der Waals surface area contributed by atoms with Crippen molar-refractivity contribution < 1.29 is 37.4 Å². The quantitative estimate of drug-likeness (QED) is 0.454. The number of rotatable bonds is 10. The first kappa shape index (κ1) is 26.1. The first-order chi connectivity index (χ1) is 16.6. The zero-order chi connectivity index (χ0) is 25.6. The van der Waals surface area contributed by atoms with Crippen LogP contribution < -0.4 is 10.6 Å². The molecular formula is C25H27F3N2O5. The van der Waals surface area contributed by atoms with Gasteiger partial charge in [-0.15, -0.1) is 0 Å². The second-order valence-electron chi connectivity index (χ2n) is 8.44. The van der Waals surface area contributed by atoms with Gasteiger partial charge in [-0.3, -0.25) is 9.59 Å². The van der Waals surface area contributed by atoms with E-state index < -0.39 is 42.5 Å². The standard InChI is InChI=1S/C25H27F3N2O5/c1-2-15(11-23(32)33)13-29-22(31)12-21(25(26,27)28)30-24(34)35-14-20-18-9-5-3-7-16(18)17-8-4-6-10-19(17)20/h3-10,15,20-21H,2,11-14H2,1H3,(H,29,31)(H,30,34)(H,32,33). The minimum Gasteiger partial charge on any atom is -0.481 e. The number of hydrogen-bond donors (Lipinski definition) is 3. The Morgan fingerprint density at radius 3 is 2.09 bits per heavy atom. The Morgan fingerprint density at radius 2 is 1.57 bits per heavy atom. The lowest BCUT2D eigenvalue weighted by Crippen LogP contribution is -2.48. The van der Waals surface area contributed by atoms with Crippen LogP contribution in [-0.2, 0) is 14.3 Å². The smallest absolute Gasteiger partial charge is 0.409 e. The van der Waals surface area contributed by atoms with E-state index in [1.54, 1.807) is 12.2 Å². The predicted octanol–water partition coefficient (Wildman–Crippen LogP) is 4.46. The van der Waals surface area contributed by atoms with Crippen LogP contribution in [0, 0.1) is 5.92 Å². The molecule has 2 aromatic carbocycles. The van der Waals surface area contributed by atoms with Crippen molar-refractivity contribution in [1.82, 2.24) is 10.6 Å². The number of ether oxygens (including phenoxy) is 1. The van der Waals surface area contributed by atoms with Gasteiger partial charge in [0.15, 0.2) is 0 Å². The molecule has 0 saturated carbocycles. The summed E-state index contributed by atoms with van der Waals surface area (Å²) in [6, 6.07) is 12.7. The van der Waals surface area contributed by atoms with Crippen LogP contribution in [0.5, 0.6) is 0 Å². The zero-order valence-corrected chi connectivity index (χ0v) is 19.1. The molecule has 0 spiro atoms. The van der Waals surface area contributed by atoms with Gasteiger partial charge in [0.05, 0.1) is 6.42 Å². The number of carboxylic acids is 1. The normalized spacial score (nSPS) is 14.4. The molecule has 1 aliphatic carbocycles. The average Bonchev–Trinajstić information content (AvgIpc) is 3.13. The van der Waals surface area contributed by atoms with E-state index in [0.717, 1.165) is 22.3 Å². The van der Waals surface area contributed by atoms with E-state index in [2.05, 4.69) is 5.32 Å². The molecule has 7 nitrogen and oxygen atoms in total. The van der Waals surface area contributed by atoms with Crippen molar-refractivity contribution in [3.8, 4) is 11.1 Å². The van der Waals surface area contributed by atoms with Crippen LogP contribution >= 0.6 is 0 Å². The number of amides is 2. The van der Waals surface area contributed by atoms with Crippen molar-refractivity contribution >= 4 is 18.0 Å². The number of carbonyl (C=O) groups excluding carboxylic acids is 2. The summed E-state index contributed by atoms with van der Waals surface area (Å²) in [7, 11) is 0. The maximum absolute atomic E-state index is 13.5. The molecule has 0 fully saturated rings. The molecule has 0 heterocycles. The third kappa shape index (κ3) is 6.74. The molecule has 1 aliphatic rings. The first-order valence-electron chi connectivity index (χ1n) is 11.3. The fraction of sp³-hybridized carbons (Fsp3) is 0.400. The number of carbonyl (C=O) groups is 3.